The van der Waals surface area contributed by atoms with Gasteiger partial charge in [0.1, 0.15) is 5.75 Å². The molecule has 3 aromatic rings. The van der Waals surface area contributed by atoms with Gasteiger partial charge in [0.25, 0.3) is 11.8 Å². The molecule has 154 valence electrons. The zero-order chi connectivity index (χ0) is 21.5. The van der Waals surface area contributed by atoms with Crippen molar-refractivity contribution < 1.29 is 14.3 Å². The number of nitrogens with one attached hydrogen (secondary N) is 2. The summed E-state index contributed by atoms with van der Waals surface area (Å²) >= 11 is 13.2. The Morgan fingerprint density at radius 1 is 1.10 bits per heavy atom. The van der Waals surface area contributed by atoms with E-state index in [0.717, 1.165) is 5.56 Å². The molecule has 1 heterocycles. The van der Waals surface area contributed by atoms with E-state index in [-0.39, 0.29) is 18.4 Å². The maximum atomic E-state index is 12.1. The molecule has 0 spiro atoms. The molecule has 2 amide bonds. The molecule has 1 aromatic heterocycles. The molecule has 0 aliphatic heterocycles. The summed E-state index contributed by atoms with van der Waals surface area (Å²) in [6.45, 7) is 1.59. The fourth-order valence-electron chi connectivity index (χ4n) is 2.39. The number of rotatable bonds is 7. The number of benzene rings is 2. The van der Waals surface area contributed by atoms with Crippen molar-refractivity contribution in [2.45, 2.75) is 6.92 Å². The highest BCUT2D eigenvalue weighted by Gasteiger charge is 2.08. The van der Waals surface area contributed by atoms with Crippen LogP contribution in [0.2, 0.25) is 10.0 Å². The smallest absolute Gasteiger partial charge is 0.281 e. The number of hydrogen-bond acceptors (Lipinski definition) is 5. The molecule has 0 aliphatic rings. The van der Waals surface area contributed by atoms with Crippen molar-refractivity contribution >= 4 is 57.8 Å². The summed E-state index contributed by atoms with van der Waals surface area (Å²) < 4.78 is 5.41. The molecule has 30 heavy (non-hydrogen) atoms. The summed E-state index contributed by atoms with van der Waals surface area (Å²) in [4.78, 5) is 24.6. The molecule has 0 saturated heterocycles. The average molecular weight is 462 g/mol. The van der Waals surface area contributed by atoms with Crippen LogP contribution >= 0.6 is 34.5 Å². The van der Waals surface area contributed by atoms with Crippen LogP contribution in [-0.4, -0.2) is 24.1 Å². The molecule has 3 rings (SSSR count). The number of carbonyl (C=O) groups is 2. The van der Waals surface area contributed by atoms with Crippen LogP contribution in [-0.2, 0) is 4.79 Å². The molecule has 0 aliphatic carbocycles. The number of hydrogen-bond donors (Lipinski definition) is 2. The van der Waals surface area contributed by atoms with Gasteiger partial charge in [-0.2, -0.15) is 5.10 Å². The van der Waals surface area contributed by atoms with Gasteiger partial charge in [-0.3, -0.25) is 9.59 Å². The number of anilines is 1. The number of ether oxygens (including phenoxy) is 1. The van der Waals surface area contributed by atoms with Crippen LogP contribution < -0.4 is 15.5 Å². The van der Waals surface area contributed by atoms with Crippen molar-refractivity contribution in [1.82, 2.24) is 5.43 Å². The molecular weight excluding hydrogens is 445 g/mol. The van der Waals surface area contributed by atoms with Crippen molar-refractivity contribution in [2.24, 2.45) is 5.10 Å². The molecule has 0 fully saturated rings. The second-order valence-corrected chi connectivity index (χ2v) is 7.90. The van der Waals surface area contributed by atoms with E-state index in [1.165, 1.54) is 11.3 Å². The van der Waals surface area contributed by atoms with Crippen molar-refractivity contribution in [2.75, 3.05) is 11.9 Å². The summed E-state index contributed by atoms with van der Waals surface area (Å²) in [6.07, 6.45) is 0. The van der Waals surface area contributed by atoms with Gasteiger partial charge in [-0.15, -0.1) is 11.3 Å². The maximum absolute atomic E-state index is 12.1. The predicted molar refractivity (Wildman–Crippen MR) is 121 cm³/mol. The lowest BCUT2D eigenvalue weighted by atomic mass is 10.1. The Labute approximate surface area is 187 Å². The van der Waals surface area contributed by atoms with Crippen LogP contribution in [0.4, 0.5) is 5.69 Å². The van der Waals surface area contributed by atoms with Gasteiger partial charge in [0.2, 0.25) is 0 Å². The summed E-state index contributed by atoms with van der Waals surface area (Å²) in [5.74, 6) is -0.209. The average Bonchev–Trinajstić information content (AvgIpc) is 3.27. The van der Waals surface area contributed by atoms with Gasteiger partial charge in [-0.1, -0.05) is 41.4 Å². The van der Waals surface area contributed by atoms with Crippen LogP contribution in [0.15, 0.2) is 65.1 Å². The first-order valence-corrected chi connectivity index (χ1v) is 10.4. The Hall–Kier alpha value is -2.87. The Balaban J connectivity index is 1.52. The van der Waals surface area contributed by atoms with Crippen LogP contribution in [0, 0.1) is 0 Å². The quantitative estimate of drug-likeness (QED) is 0.373. The third kappa shape index (κ3) is 6.06. The fraction of sp³-hybridized carbons (Fsp3) is 0.0952. The molecule has 0 radical (unpaired) electrons. The number of hydrazone groups is 1. The summed E-state index contributed by atoms with van der Waals surface area (Å²) in [6, 6.07) is 15.4. The predicted octanol–water partition coefficient (Wildman–Crippen LogP) is 5.23. The number of thiophene rings is 1. The molecule has 2 N–H and O–H groups in total. The van der Waals surface area contributed by atoms with Crippen molar-refractivity contribution in [3.8, 4) is 5.75 Å². The highest BCUT2D eigenvalue weighted by molar-refractivity contribution is 7.12. The van der Waals surface area contributed by atoms with E-state index in [1.807, 2.05) is 5.38 Å². The molecule has 0 bridgehead atoms. The van der Waals surface area contributed by atoms with Gasteiger partial charge in [0, 0.05) is 10.7 Å². The van der Waals surface area contributed by atoms with Crippen molar-refractivity contribution in [3.63, 3.8) is 0 Å². The minimum absolute atomic E-state index is 0.196. The molecule has 0 unspecified atom stereocenters. The zero-order valence-corrected chi connectivity index (χ0v) is 18.1. The van der Waals surface area contributed by atoms with E-state index in [4.69, 9.17) is 27.9 Å². The van der Waals surface area contributed by atoms with E-state index >= 15 is 0 Å². The van der Waals surface area contributed by atoms with Gasteiger partial charge < -0.3 is 10.1 Å². The third-order valence-corrected chi connectivity index (χ3v) is 5.31. The normalized spacial score (nSPS) is 11.1. The monoisotopic (exact) mass is 461 g/mol. The number of halogens is 2. The first kappa shape index (κ1) is 21.8. The van der Waals surface area contributed by atoms with Crippen LogP contribution in [0.25, 0.3) is 0 Å². The largest absolute Gasteiger partial charge is 0.482 e. The van der Waals surface area contributed by atoms with E-state index in [1.54, 1.807) is 61.5 Å². The van der Waals surface area contributed by atoms with Crippen LogP contribution in [0.5, 0.6) is 5.75 Å². The maximum Gasteiger partial charge on any atom is 0.281 e. The third-order valence-electron chi connectivity index (χ3n) is 3.91. The highest BCUT2D eigenvalue weighted by Crippen LogP contribution is 2.27. The highest BCUT2D eigenvalue weighted by atomic mass is 35.5. The fourth-order valence-corrected chi connectivity index (χ4v) is 3.47. The molecule has 9 heteroatoms. The first-order valence-electron chi connectivity index (χ1n) is 8.78. The minimum Gasteiger partial charge on any atom is -0.482 e. The topological polar surface area (TPSA) is 79.8 Å². The molecule has 0 atom stereocenters. The summed E-state index contributed by atoms with van der Waals surface area (Å²) in [5, 5.41) is 9.50. The van der Waals surface area contributed by atoms with Crippen LogP contribution in [0.3, 0.4) is 0 Å². The Bertz CT molecular complexity index is 1070. The van der Waals surface area contributed by atoms with Crippen LogP contribution in [0.1, 0.15) is 22.2 Å². The molecule has 0 saturated carbocycles. The van der Waals surface area contributed by atoms with E-state index in [9.17, 15) is 9.59 Å². The van der Waals surface area contributed by atoms with E-state index in [0.29, 0.717) is 32.1 Å². The number of amides is 2. The van der Waals surface area contributed by atoms with Gasteiger partial charge in [0.05, 0.1) is 15.6 Å². The van der Waals surface area contributed by atoms with Gasteiger partial charge in [-0.05, 0) is 54.3 Å². The molecular formula is C21H17Cl2N3O3S. The van der Waals surface area contributed by atoms with Gasteiger partial charge in [0.15, 0.2) is 6.61 Å². The first-order chi connectivity index (χ1) is 14.4. The minimum atomic E-state index is -0.331. The lowest BCUT2D eigenvalue weighted by Gasteiger charge is -2.09. The van der Waals surface area contributed by atoms with E-state index < -0.39 is 0 Å². The number of carbonyl (C=O) groups excluding carboxylic acids is 2. The zero-order valence-electron chi connectivity index (χ0n) is 15.8. The summed E-state index contributed by atoms with van der Waals surface area (Å²) in [5.41, 5.74) is 4.57. The van der Waals surface area contributed by atoms with E-state index in [2.05, 4.69) is 15.8 Å². The van der Waals surface area contributed by atoms with Gasteiger partial charge >= 0.3 is 0 Å². The van der Waals surface area contributed by atoms with Crippen molar-refractivity contribution in [3.05, 3.63) is 80.5 Å². The Morgan fingerprint density at radius 2 is 1.87 bits per heavy atom. The second-order valence-electron chi connectivity index (χ2n) is 6.10. The SMILES string of the molecule is C/C(=N/NC(=O)c1cccs1)c1ccc(NC(=O)COc2ccc(Cl)cc2Cl)cc1. The van der Waals surface area contributed by atoms with Crippen molar-refractivity contribution in [1.29, 1.82) is 0 Å². The Morgan fingerprint density at radius 3 is 2.53 bits per heavy atom. The second kappa shape index (κ2) is 10.2. The molecule has 6 nitrogen and oxygen atoms in total. The standard InChI is InChI=1S/C21H17Cl2N3O3S/c1-13(25-26-21(28)19-3-2-10-30-19)14-4-7-16(8-5-14)24-20(27)12-29-18-9-6-15(22)11-17(18)23/h2-11H,12H2,1H3,(H,24,27)(H,26,28)/b25-13-. The Kier molecular flexibility index (Phi) is 7.46. The lowest BCUT2D eigenvalue weighted by molar-refractivity contribution is -0.118. The lowest BCUT2D eigenvalue weighted by Crippen LogP contribution is -2.20. The molecule has 2 aromatic carbocycles. The van der Waals surface area contributed by atoms with Gasteiger partial charge in [-0.25, -0.2) is 5.43 Å². The number of nitrogens with zero attached hydrogens (tertiary/aromatic N) is 1. The summed E-state index contributed by atoms with van der Waals surface area (Å²) in [7, 11) is 0.